The molecule has 0 saturated heterocycles. The Balaban J connectivity index is 1.85. The van der Waals surface area contributed by atoms with E-state index in [0.717, 1.165) is 41.0 Å². The molecule has 1 aliphatic heterocycles. The molecule has 0 aliphatic carbocycles. The summed E-state index contributed by atoms with van der Waals surface area (Å²) >= 11 is 0. The Hall–Kier alpha value is -3.32. The molecule has 1 N–H and O–H groups in total. The Morgan fingerprint density at radius 2 is 1.47 bits per heavy atom. The molecule has 3 aromatic carbocycles. The molecule has 0 fully saturated rings. The number of para-hydroxylation sites is 1. The van der Waals surface area contributed by atoms with Gasteiger partial charge in [0.2, 0.25) is 5.88 Å². The molecule has 190 valence electrons. The highest BCUT2D eigenvalue weighted by molar-refractivity contribution is 5.76. The van der Waals surface area contributed by atoms with Crippen LogP contribution in [0.2, 0.25) is 0 Å². The maximum atomic E-state index is 11.9. The van der Waals surface area contributed by atoms with Gasteiger partial charge in [-0.1, -0.05) is 93.8 Å². The molecule has 36 heavy (non-hydrogen) atoms. The quantitative estimate of drug-likeness (QED) is 0.290. The fraction of sp³-hybridized carbons (Fsp3) is 0.333. The van der Waals surface area contributed by atoms with Crippen molar-refractivity contribution in [1.82, 2.24) is 10.3 Å². The van der Waals surface area contributed by atoms with E-state index in [1.807, 2.05) is 72.8 Å². The zero-order valence-corrected chi connectivity index (χ0v) is 21.5. The third kappa shape index (κ3) is 5.57. The van der Waals surface area contributed by atoms with Crippen molar-refractivity contribution in [3.63, 3.8) is 0 Å². The van der Waals surface area contributed by atoms with E-state index in [1.165, 1.54) is 12.8 Å². The maximum Gasteiger partial charge on any atom is 0.215 e. The van der Waals surface area contributed by atoms with Crippen LogP contribution in [-0.4, -0.2) is 35.7 Å². The van der Waals surface area contributed by atoms with E-state index in [0.29, 0.717) is 13.2 Å². The second kappa shape index (κ2) is 12.6. The van der Waals surface area contributed by atoms with E-state index in [9.17, 15) is 5.11 Å². The molecule has 1 heterocycles. The largest absolute Gasteiger partial charge is 0.497 e. The number of methoxy groups -OCH3 is 1. The summed E-state index contributed by atoms with van der Waals surface area (Å²) in [6.07, 6.45) is 4.42. The lowest BCUT2D eigenvalue weighted by Gasteiger charge is -2.49. The van der Waals surface area contributed by atoms with Crippen LogP contribution in [0, 0.1) is 0 Å². The van der Waals surface area contributed by atoms with Crippen LogP contribution < -0.4 is 9.75 Å². The molecule has 0 amide bonds. The van der Waals surface area contributed by atoms with Crippen LogP contribution >= 0.6 is 0 Å². The predicted octanol–water partition coefficient (Wildman–Crippen LogP) is 7.15. The lowest BCUT2D eigenvalue weighted by atomic mass is 9.91. The number of hydrogen-bond acceptors (Lipinski definition) is 6. The van der Waals surface area contributed by atoms with Crippen LogP contribution in [0.5, 0.6) is 5.75 Å². The minimum absolute atomic E-state index is 0.145. The van der Waals surface area contributed by atoms with Gasteiger partial charge in [-0.2, -0.15) is 5.01 Å². The van der Waals surface area contributed by atoms with Gasteiger partial charge in [-0.05, 0) is 47.1 Å². The van der Waals surface area contributed by atoms with Gasteiger partial charge >= 0.3 is 0 Å². The van der Waals surface area contributed by atoms with Crippen LogP contribution in [0.4, 0.5) is 5.69 Å². The first-order valence-electron chi connectivity index (χ1n) is 12.9. The molecule has 3 aromatic rings. The highest BCUT2D eigenvalue weighted by atomic mass is 16.8. The summed E-state index contributed by atoms with van der Waals surface area (Å²) in [5.41, 5.74) is 3.63. The zero-order chi connectivity index (χ0) is 25.3. The van der Waals surface area contributed by atoms with Gasteiger partial charge in [-0.3, -0.25) is 4.84 Å². The number of hydrazine groups is 2. The molecule has 0 bridgehead atoms. The molecule has 0 radical (unpaired) electrons. The van der Waals surface area contributed by atoms with Gasteiger partial charge in [0, 0.05) is 12.1 Å². The minimum atomic E-state index is -0.265. The number of rotatable bonds is 11. The highest BCUT2D eigenvalue weighted by Crippen LogP contribution is 2.44. The number of aliphatic hydroxyl groups excluding tert-OH is 1. The van der Waals surface area contributed by atoms with Gasteiger partial charge < -0.3 is 9.84 Å². The SMILES string of the molecule is CCCCCCON1N(c2ccccc2)C(O)=C(c2ccccc2)C(c2ccc(OC)cc2)N1CC. The Bertz CT molecular complexity index is 1100. The van der Waals surface area contributed by atoms with Crippen molar-refractivity contribution >= 4 is 11.3 Å². The molecular weight excluding hydrogens is 450 g/mol. The van der Waals surface area contributed by atoms with Crippen molar-refractivity contribution in [1.29, 1.82) is 0 Å². The van der Waals surface area contributed by atoms with Crippen LogP contribution in [0.3, 0.4) is 0 Å². The number of benzene rings is 3. The fourth-order valence-electron chi connectivity index (χ4n) is 4.61. The van der Waals surface area contributed by atoms with E-state index in [1.54, 1.807) is 17.4 Å². The molecule has 1 unspecified atom stereocenters. The van der Waals surface area contributed by atoms with E-state index in [-0.39, 0.29) is 11.9 Å². The Labute approximate surface area is 214 Å². The summed E-state index contributed by atoms with van der Waals surface area (Å²) in [6.45, 7) is 5.54. The lowest BCUT2D eigenvalue weighted by Crippen LogP contribution is -2.58. The average Bonchev–Trinajstić information content (AvgIpc) is 2.93. The van der Waals surface area contributed by atoms with Crippen molar-refractivity contribution in [3.05, 3.63) is 102 Å². The third-order valence-corrected chi connectivity index (χ3v) is 6.45. The first-order valence-corrected chi connectivity index (χ1v) is 12.9. The van der Waals surface area contributed by atoms with E-state index in [4.69, 9.17) is 9.57 Å². The second-order valence-corrected chi connectivity index (χ2v) is 8.83. The Morgan fingerprint density at radius 1 is 0.806 bits per heavy atom. The molecule has 0 aromatic heterocycles. The monoisotopic (exact) mass is 487 g/mol. The third-order valence-electron chi connectivity index (χ3n) is 6.45. The predicted molar refractivity (Wildman–Crippen MR) is 145 cm³/mol. The van der Waals surface area contributed by atoms with E-state index < -0.39 is 0 Å². The van der Waals surface area contributed by atoms with Crippen molar-refractivity contribution in [3.8, 4) is 5.75 Å². The molecule has 6 heteroatoms. The average molecular weight is 488 g/mol. The van der Waals surface area contributed by atoms with Crippen molar-refractivity contribution < 1.29 is 14.7 Å². The maximum absolute atomic E-state index is 11.9. The van der Waals surface area contributed by atoms with Crippen LogP contribution in [0.25, 0.3) is 5.57 Å². The van der Waals surface area contributed by atoms with E-state index in [2.05, 4.69) is 31.0 Å². The topological polar surface area (TPSA) is 48.4 Å². The standard InChI is InChI=1S/C30H37N3O3/c1-4-6-7-14-23-36-33-31(5-2)29(25-19-21-27(35-3)22-20-25)28(24-15-10-8-11-16-24)30(34)32(33)26-17-12-9-13-18-26/h8-13,15-22,29,34H,4-7,14,23H2,1-3H3. The molecule has 1 aliphatic rings. The lowest BCUT2D eigenvalue weighted by molar-refractivity contribution is -0.303. The molecular formula is C30H37N3O3. The van der Waals surface area contributed by atoms with Crippen molar-refractivity contribution in [2.45, 2.75) is 45.6 Å². The first-order chi connectivity index (χ1) is 17.7. The smallest absolute Gasteiger partial charge is 0.215 e. The van der Waals surface area contributed by atoms with Crippen LogP contribution in [0.15, 0.2) is 90.8 Å². The molecule has 0 spiro atoms. The molecule has 6 nitrogen and oxygen atoms in total. The number of unbranched alkanes of at least 4 members (excludes halogenated alkanes) is 3. The van der Waals surface area contributed by atoms with Gasteiger partial charge in [-0.25, -0.2) is 5.01 Å². The number of aliphatic hydroxyl groups is 1. The van der Waals surface area contributed by atoms with Gasteiger partial charge in [0.1, 0.15) is 5.75 Å². The molecule has 0 saturated carbocycles. The van der Waals surface area contributed by atoms with Crippen molar-refractivity contribution in [2.75, 3.05) is 25.3 Å². The summed E-state index contributed by atoms with van der Waals surface area (Å²) in [5, 5.41) is 17.6. The van der Waals surface area contributed by atoms with Crippen molar-refractivity contribution in [2.24, 2.45) is 0 Å². The van der Waals surface area contributed by atoms with E-state index >= 15 is 0 Å². The molecule has 4 rings (SSSR count). The number of ether oxygens (including phenoxy) is 1. The number of hydrogen-bond donors (Lipinski definition) is 1. The summed E-state index contributed by atoms with van der Waals surface area (Å²) in [6, 6.07) is 27.7. The van der Waals surface area contributed by atoms with Crippen LogP contribution in [0.1, 0.15) is 56.7 Å². The Kier molecular flexibility index (Phi) is 9.01. The molecule has 1 atom stereocenters. The summed E-state index contributed by atoms with van der Waals surface area (Å²) < 4.78 is 5.41. The fourth-order valence-corrected chi connectivity index (χ4v) is 4.61. The summed E-state index contributed by atoms with van der Waals surface area (Å²) in [7, 11) is 1.67. The second-order valence-electron chi connectivity index (χ2n) is 8.83. The van der Waals surface area contributed by atoms with Gasteiger partial charge in [0.25, 0.3) is 0 Å². The number of nitrogens with zero attached hydrogens (tertiary/aromatic N) is 3. The number of likely N-dealkylation sites (N-methyl/N-ethyl adjacent to an activating group) is 1. The van der Waals surface area contributed by atoms with Gasteiger partial charge in [0.15, 0.2) is 0 Å². The van der Waals surface area contributed by atoms with Gasteiger partial charge in [0.05, 0.1) is 25.4 Å². The minimum Gasteiger partial charge on any atom is -0.497 e. The number of anilines is 1. The highest BCUT2D eigenvalue weighted by Gasteiger charge is 2.42. The van der Waals surface area contributed by atoms with Gasteiger partial charge in [-0.15, -0.1) is 0 Å². The van der Waals surface area contributed by atoms with Crippen LogP contribution in [-0.2, 0) is 4.84 Å². The summed E-state index contributed by atoms with van der Waals surface area (Å²) in [5.74, 6) is 0.938. The normalized spacial score (nSPS) is 17.0. The Morgan fingerprint density at radius 3 is 2.08 bits per heavy atom. The zero-order valence-electron chi connectivity index (χ0n) is 21.5. The first kappa shape index (κ1) is 25.8. The summed E-state index contributed by atoms with van der Waals surface area (Å²) in [4.78, 5) is 6.42.